The van der Waals surface area contributed by atoms with Crippen LogP contribution < -0.4 is 11.3 Å². The molecule has 5 heteroatoms. The lowest BCUT2D eigenvalue weighted by molar-refractivity contribution is 0.559. The maximum absolute atomic E-state index is 12.8. The van der Waals surface area contributed by atoms with Crippen molar-refractivity contribution in [2.24, 2.45) is 5.84 Å². The molecular weight excluding hydrogens is 206 g/mol. The largest absolute Gasteiger partial charge is 0.271 e. The van der Waals surface area contributed by atoms with Gasteiger partial charge in [0, 0.05) is 11.8 Å². The first-order chi connectivity index (χ1) is 6.67. The molecule has 0 aliphatic heterocycles. The van der Waals surface area contributed by atoms with Gasteiger partial charge in [-0.05, 0) is 24.0 Å². The first-order valence-electron chi connectivity index (χ1n) is 4.08. The summed E-state index contributed by atoms with van der Waals surface area (Å²) in [5.74, 6) is 4.78. The Labute approximate surface area is 85.8 Å². The van der Waals surface area contributed by atoms with Crippen LogP contribution in [-0.2, 0) is 0 Å². The topological polar surface area (TPSA) is 38.0 Å². The molecule has 1 atom stereocenters. The maximum atomic E-state index is 12.8. The van der Waals surface area contributed by atoms with Gasteiger partial charge >= 0.3 is 0 Å². The Morgan fingerprint density at radius 3 is 2.36 bits per heavy atom. The molecule has 0 aliphatic rings. The molecule has 0 saturated heterocycles. The van der Waals surface area contributed by atoms with Gasteiger partial charge in [-0.3, -0.25) is 11.3 Å². The fourth-order valence-electron chi connectivity index (χ4n) is 1.18. The molecule has 78 valence electrons. The van der Waals surface area contributed by atoms with Crippen LogP contribution in [0.3, 0.4) is 0 Å². The highest BCUT2D eigenvalue weighted by Crippen LogP contribution is 2.18. The van der Waals surface area contributed by atoms with Crippen LogP contribution in [0.4, 0.5) is 8.78 Å². The van der Waals surface area contributed by atoms with E-state index in [0.29, 0.717) is 11.3 Å². The second-order valence-corrected chi connectivity index (χ2v) is 3.79. The minimum atomic E-state index is -0.582. The number of halogens is 2. The molecule has 3 N–H and O–H groups in total. The lowest BCUT2D eigenvalue weighted by Gasteiger charge is -2.14. The minimum Gasteiger partial charge on any atom is -0.271 e. The summed E-state index contributed by atoms with van der Waals surface area (Å²) in [4.78, 5) is 0. The summed E-state index contributed by atoms with van der Waals surface area (Å²) >= 11 is 1.55. The molecule has 0 aromatic heterocycles. The third-order valence-corrected chi connectivity index (χ3v) is 2.49. The van der Waals surface area contributed by atoms with Crippen LogP contribution in [0.25, 0.3) is 0 Å². The Balaban J connectivity index is 2.91. The molecule has 1 aromatic carbocycles. The Morgan fingerprint density at radius 2 is 1.93 bits per heavy atom. The van der Waals surface area contributed by atoms with E-state index in [1.807, 2.05) is 6.26 Å². The zero-order valence-corrected chi connectivity index (χ0v) is 8.57. The maximum Gasteiger partial charge on any atom is 0.126 e. The summed E-state index contributed by atoms with van der Waals surface area (Å²) in [5.41, 5.74) is 3.05. The van der Waals surface area contributed by atoms with Gasteiger partial charge in [0.2, 0.25) is 0 Å². The fourth-order valence-corrected chi connectivity index (χ4v) is 1.81. The normalized spacial score (nSPS) is 12.9. The summed E-state index contributed by atoms with van der Waals surface area (Å²) in [7, 11) is 0. The van der Waals surface area contributed by atoms with Crippen molar-refractivity contribution in [1.82, 2.24) is 5.43 Å². The van der Waals surface area contributed by atoms with Gasteiger partial charge in [-0.25, -0.2) is 8.78 Å². The predicted octanol–water partition coefficient (Wildman–Crippen LogP) is 1.83. The van der Waals surface area contributed by atoms with Crippen molar-refractivity contribution in [2.45, 2.75) is 6.04 Å². The number of nitrogens with one attached hydrogen (secondary N) is 1. The third kappa shape index (κ3) is 2.94. The van der Waals surface area contributed by atoms with Crippen molar-refractivity contribution in [2.75, 3.05) is 12.0 Å². The van der Waals surface area contributed by atoms with Crippen molar-refractivity contribution in [3.05, 3.63) is 35.4 Å². The SMILES string of the molecule is CSCC(NN)c1cc(F)cc(F)c1. The van der Waals surface area contributed by atoms with E-state index in [9.17, 15) is 8.78 Å². The molecule has 2 nitrogen and oxygen atoms in total. The van der Waals surface area contributed by atoms with Gasteiger partial charge in [0.1, 0.15) is 11.6 Å². The molecule has 0 radical (unpaired) electrons. The quantitative estimate of drug-likeness (QED) is 0.598. The standard InChI is InChI=1S/C9H12F2N2S/c1-14-5-9(13-12)6-2-7(10)4-8(11)3-6/h2-4,9,13H,5,12H2,1H3. The first kappa shape index (κ1) is 11.4. The molecule has 14 heavy (non-hydrogen) atoms. The molecular formula is C9H12F2N2S. The van der Waals surface area contributed by atoms with Gasteiger partial charge < -0.3 is 0 Å². The molecule has 1 rings (SSSR count). The molecule has 0 fully saturated rings. The fraction of sp³-hybridized carbons (Fsp3) is 0.333. The summed E-state index contributed by atoms with van der Waals surface area (Å²) in [5, 5.41) is 0. The van der Waals surface area contributed by atoms with Crippen LogP contribution in [0.15, 0.2) is 18.2 Å². The highest BCUT2D eigenvalue weighted by atomic mass is 32.2. The second kappa shape index (κ2) is 5.29. The number of benzene rings is 1. The lowest BCUT2D eigenvalue weighted by Crippen LogP contribution is -2.29. The van der Waals surface area contributed by atoms with Gasteiger partial charge in [0.05, 0.1) is 6.04 Å². The summed E-state index contributed by atoms with van der Waals surface area (Å²) in [6.45, 7) is 0. The first-order valence-corrected chi connectivity index (χ1v) is 5.48. The number of nitrogens with two attached hydrogens (primary N) is 1. The molecule has 1 unspecified atom stereocenters. The van der Waals surface area contributed by atoms with Crippen molar-refractivity contribution >= 4 is 11.8 Å². The number of hydrazine groups is 1. The third-order valence-electron chi connectivity index (χ3n) is 1.82. The smallest absolute Gasteiger partial charge is 0.126 e. The minimum absolute atomic E-state index is 0.227. The van der Waals surface area contributed by atoms with E-state index < -0.39 is 11.6 Å². The average molecular weight is 218 g/mol. The van der Waals surface area contributed by atoms with Crippen LogP contribution in [0.2, 0.25) is 0 Å². The van der Waals surface area contributed by atoms with Crippen LogP contribution in [0, 0.1) is 11.6 Å². The van der Waals surface area contributed by atoms with Gasteiger partial charge in [-0.15, -0.1) is 0 Å². The van der Waals surface area contributed by atoms with E-state index in [2.05, 4.69) is 5.43 Å². The zero-order valence-electron chi connectivity index (χ0n) is 7.76. The zero-order chi connectivity index (χ0) is 10.6. The van der Waals surface area contributed by atoms with E-state index in [1.165, 1.54) is 12.1 Å². The molecule has 0 heterocycles. The van der Waals surface area contributed by atoms with E-state index in [1.54, 1.807) is 11.8 Å². The van der Waals surface area contributed by atoms with Crippen molar-refractivity contribution in [3.63, 3.8) is 0 Å². The number of hydrogen-bond acceptors (Lipinski definition) is 3. The summed E-state index contributed by atoms with van der Waals surface area (Å²) in [6, 6.07) is 3.18. The van der Waals surface area contributed by atoms with E-state index in [0.717, 1.165) is 6.07 Å². The van der Waals surface area contributed by atoms with Gasteiger partial charge in [0.15, 0.2) is 0 Å². The van der Waals surface area contributed by atoms with Crippen molar-refractivity contribution < 1.29 is 8.78 Å². The molecule has 0 saturated carbocycles. The molecule has 0 bridgehead atoms. The van der Waals surface area contributed by atoms with Gasteiger partial charge in [-0.2, -0.15) is 11.8 Å². The molecule has 0 amide bonds. The van der Waals surface area contributed by atoms with E-state index >= 15 is 0 Å². The van der Waals surface area contributed by atoms with Crippen molar-refractivity contribution in [1.29, 1.82) is 0 Å². The van der Waals surface area contributed by atoms with E-state index in [-0.39, 0.29) is 6.04 Å². The molecule has 1 aromatic rings. The van der Waals surface area contributed by atoms with Gasteiger partial charge in [-0.1, -0.05) is 0 Å². The number of hydrogen-bond donors (Lipinski definition) is 2. The second-order valence-electron chi connectivity index (χ2n) is 2.88. The van der Waals surface area contributed by atoms with Gasteiger partial charge in [0.25, 0.3) is 0 Å². The van der Waals surface area contributed by atoms with Crippen molar-refractivity contribution in [3.8, 4) is 0 Å². The Kier molecular flexibility index (Phi) is 4.31. The molecule has 0 spiro atoms. The monoisotopic (exact) mass is 218 g/mol. The van der Waals surface area contributed by atoms with E-state index in [4.69, 9.17) is 5.84 Å². The number of rotatable bonds is 4. The van der Waals surface area contributed by atoms with Crippen LogP contribution in [-0.4, -0.2) is 12.0 Å². The predicted molar refractivity (Wildman–Crippen MR) is 54.8 cm³/mol. The summed E-state index contributed by atoms with van der Waals surface area (Å²) < 4.78 is 25.7. The highest BCUT2D eigenvalue weighted by Gasteiger charge is 2.11. The average Bonchev–Trinajstić information content (AvgIpc) is 2.12. The van der Waals surface area contributed by atoms with Crippen LogP contribution in [0.5, 0.6) is 0 Å². The Morgan fingerprint density at radius 1 is 1.36 bits per heavy atom. The Hall–Kier alpha value is -0.650. The lowest BCUT2D eigenvalue weighted by atomic mass is 10.1. The van der Waals surface area contributed by atoms with Crippen LogP contribution in [0.1, 0.15) is 11.6 Å². The van der Waals surface area contributed by atoms with Crippen LogP contribution >= 0.6 is 11.8 Å². The Bertz CT molecular complexity index is 287. The number of thioether (sulfide) groups is 1. The summed E-state index contributed by atoms with van der Waals surface area (Å²) in [6.07, 6.45) is 1.90. The highest BCUT2D eigenvalue weighted by molar-refractivity contribution is 7.98. The molecule has 0 aliphatic carbocycles.